The average molecular weight is 315 g/mol. The SMILES string of the molecule is Cc1cccc(CNS(=O)(=O)c2ccc(F)c(F)c2F)c1. The van der Waals surface area contributed by atoms with E-state index in [-0.39, 0.29) is 6.54 Å². The second kappa shape index (κ2) is 5.87. The number of sulfonamides is 1. The van der Waals surface area contributed by atoms with Crippen LogP contribution in [0.15, 0.2) is 41.3 Å². The van der Waals surface area contributed by atoms with Gasteiger partial charge in [-0.15, -0.1) is 0 Å². The highest BCUT2D eigenvalue weighted by molar-refractivity contribution is 7.89. The molecule has 0 amide bonds. The third-order valence-corrected chi connectivity index (χ3v) is 4.26. The van der Waals surface area contributed by atoms with E-state index >= 15 is 0 Å². The van der Waals surface area contributed by atoms with Crippen LogP contribution in [-0.2, 0) is 16.6 Å². The quantitative estimate of drug-likeness (QED) is 0.882. The second-order valence-corrected chi connectivity index (χ2v) is 6.22. The van der Waals surface area contributed by atoms with E-state index in [4.69, 9.17) is 0 Å². The Hall–Kier alpha value is -1.86. The van der Waals surface area contributed by atoms with Gasteiger partial charge in [-0.25, -0.2) is 26.3 Å². The van der Waals surface area contributed by atoms with E-state index < -0.39 is 32.4 Å². The molecule has 0 saturated carbocycles. The minimum absolute atomic E-state index is 0.0809. The van der Waals surface area contributed by atoms with E-state index in [0.717, 1.165) is 5.56 Å². The molecule has 2 aromatic carbocycles. The molecule has 0 heterocycles. The van der Waals surface area contributed by atoms with E-state index in [0.29, 0.717) is 17.7 Å². The molecule has 0 unspecified atom stereocenters. The van der Waals surface area contributed by atoms with Crippen LogP contribution in [0.2, 0.25) is 0 Å². The minimum Gasteiger partial charge on any atom is -0.207 e. The van der Waals surface area contributed by atoms with Gasteiger partial charge in [0.1, 0.15) is 4.90 Å². The van der Waals surface area contributed by atoms with Crippen molar-refractivity contribution in [2.45, 2.75) is 18.4 Å². The lowest BCUT2D eigenvalue weighted by atomic mass is 10.1. The molecule has 0 fully saturated rings. The molecular weight excluding hydrogens is 303 g/mol. The second-order valence-electron chi connectivity index (χ2n) is 4.49. The third-order valence-electron chi connectivity index (χ3n) is 2.84. The van der Waals surface area contributed by atoms with E-state index in [1.807, 2.05) is 13.0 Å². The highest BCUT2D eigenvalue weighted by Crippen LogP contribution is 2.19. The summed E-state index contributed by atoms with van der Waals surface area (Å²) in [7, 11) is -4.27. The molecule has 0 saturated heterocycles. The van der Waals surface area contributed by atoms with E-state index in [9.17, 15) is 21.6 Å². The van der Waals surface area contributed by atoms with Crippen molar-refractivity contribution < 1.29 is 21.6 Å². The predicted molar refractivity (Wildman–Crippen MR) is 71.5 cm³/mol. The van der Waals surface area contributed by atoms with Crippen LogP contribution in [0.5, 0.6) is 0 Å². The van der Waals surface area contributed by atoms with Crippen molar-refractivity contribution in [2.24, 2.45) is 0 Å². The van der Waals surface area contributed by atoms with Gasteiger partial charge in [0.2, 0.25) is 10.0 Å². The maximum absolute atomic E-state index is 13.5. The Balaban J connectivity index is 2.25. The molecule has 0 atom stereocenters. The van der Waals surface area contributed by atoms with Crippen molar-refractivity contribution in [3.63, 3.8) is 0 Å². The Labute approximate surface area is 120 Å². The van der Waals surface area contributed by atoms with Crippen LogP contribution in [0, 0.1) is 24.4 Å². The average Bonchev–Trinajstić information content (AvgIpc) is 2.43. The topological polar surface area (TPSA) is 46.2 Å². The van der Waals surface area contributed by atoms with E-state index in [1.165, 1.54) is 0 Å². The zero-order valence-electron chi connectivity index (χ0n) is 11.0. The molecule has 0 aliphatic carbocycles. The summed E-state index contributed by atoms with van der Waals surface area (Å²) in [5.41, 5.74) is 1.60. The minimum atomic E-state index is -4.27. The normalized spacial score (nSPS) is 11.6. The molecule has 0 aromatic heterocycles. The fourth-order valence-electron chi connectivity index (χ4n) is 1.79. The summed E-state index contributed by atoms with van der Waals surface area (Å²) in [6, 6.07) is 8.29. The summed E-state index contributed by atoms with van der Waals surface area (Å²) < 4.78 is 65.4. The molecule has 0 radical (unpaired) electrons. The Bertz CT molecular complexity index is 776. The van der Waals surface area contributed by atoms with Gasteiger partial charge in [-0.1, -0.05) is 29.8 Å². The van der Waals surface area contributed by atoms with Crippen molar-refractivity contribution in [1.29, 1.82) is 0 Å². The van der Waals surface area contributed by atoms with Gasteiger partial charge >= 0.3 is 0 Å². The monoisotopic (exact) mass is 315 g/mol. The van der Waals surface area contributed by atoms with Crippen LogP contribution >= 0.6 is 0 Å². The largest absolute Gasteiger partial charge is 0.243 e. The number of nitrogens with one attached hydrogen (secondary N) is 1. The molecule has 0 aliphatic rings. The standard InChI is InChI=1S/C14H12F3NO2S/c1-9-3-2-4-10(7-9)8-18-21(19,20)12-6-5-11(15)13(16)14(12)17/h2-7,18H,8H2,1H3. The molecule has 21 heavy (non-hydrogen) atoms. The highest BCUT2D eigenvalue weighted by atomic mass is 32.2. The van der Waals surface area contributed by atoms with Crippen LogP contribution < -0.4 is 4.72 Å². The fraction of sp³-hybridized carbons (Fsp3) is 0.143. The van der Waals surface area contributed by atoms with Crippen LogP contribution in [0.3, 0.4) is 0 Å². The molecule has 2 rings (SSSR count). The number of hydrogen-bond donors (Lipinski definition) is 1. The van der Waals surface area contributed by atoms with E-state index in [2.05, 4.69) is 4.72 Å². The van der Waals surface area contributed by atoms with Gasteiger partial charge in [-0.05, 0) is 24.6 Å². The van der Waals surface area contributed by atoms with Crippen molar-refractivity contribution in [3.05, 3.63) is 65.0 Å². The van der Waals surface area contributed by atoms with Gasteiger partial charge in [-0.3, -0.25) is 0 Å². The van der Waals surface area contributed by atoms with Gasteiger partial charge in [-0.2, -0.15) is 0 Å². The zero-order chi connectivity index (χ0) is 15.6. The Kier molecular flexibility index (Phi) is 4.34. The van der Waals surface area contributed by atoms with Crippen molar-refractivity contribution in [2.75, 3.05) is 0 Å². The summed E-state index contributed by atoms with van der Waals surface area (Å²) in [6.07, 6.45) is 0. The first-order chi connectivity index (χ1) is 9.81. The summed E-state index contributed by atoms with van der Waals surface area (Å²) in [4.78, 5) is -0.922. The molecule has 2 aromatic rings. The fourth-order valence-corrected chi connectivity index (χ4v) is 2.88. The highest BCUT2D eigenvalue weighted by Gasteiger charge is 2.23. The summed E-state index contributed by atoms with van der Waals surface area (Å²) in [6.45, 7) is 1.76. The molecule has 1 N–H and O–H groups in total. The maximum Gasteiger partial charge on any atom is 0.243 e. The van der Waals surface area contributed by atoms with Crippen LogP contribution in [0.1, 0.15) is 11.1 Å². The molecule has 7 heteroatoms. The first-order valence-electron chi connectivity index (χ1n) is 6.00. The molecule has 3 nitrogen and oxygen atoms in total. The third kappa shape index (κ3) is 3.43. The molecule has 112 valence electrons. The van der Waals surface area contributed by atoms with Gasteiger partial charge in [0.15, 0.2) is 17.5 Å². The van der Waals surface area contributed by atoms with Gasteiger partial charge in [0.05, 0.1) is 0 Å². The molecular formula is C14H12F3NO2S. The first kappa shape index (κ1) is 15.5. The van der Waals surface area contributed by atoms with Crippen LogP contribution in [0.25, 0.3) is 0 Å². The number of benzene rings is 2. The lowest BCUT2D eigenvalue weighted by Gasteiger charge is -2.09. The van der Waals surface area contributed by atoms with Gasteiger partial charge in [0.25, 0.3) is 0 Å². The molecule has 0 spiro atoms. The number of rotatable bonds is 4. The molecule has 0 bridgehead atoms. The van der Waals surface area contributed by atoms with E-state index in [1.54, 1.807) is 18.2 Å². The number of halogens is 3. The summed E-state index contributed by atoms with van der Waals surface area (Å²) >= 11 is 0. The lowest BCUT2D eigenvalue weighted by Crippen LogP contribution is -2.24. The van der Waals surface area contributed by atoms with Crippen molar-refractivity contribution in [1.82, 2.24) is 4.72 Å². The maximum atomic E-state index is 13.5. The summed E-state index contributed by atoms with van der Waals surface area (Å²) in [5, 5.41) is 0. The van der Waals surface area contributed by atoms with Gasteiger partial charge in [0, 0.05) is 6.54 Å². The Morgan fingerprint density at radius 2 is 1.76 bits per heavy atom. The number of aryl methyl sites for hydroxylation is 1. The van der Waals surface area contributed by atoms with Crippen molar-refractivity contribution in [3.8, 4) is 0 Å². The lowest BCUT2D eigenvalue weighted by molar-refractivity contribution is 0.431. The molecule has 0 aliphatic heterocycles. The zero-order valence-corrected chi connectivity index (χ0v) is 11.8. The van der Waals surface area contributed by atoms with Gasteiger partial charge < -0.3 is 0 Å². The Morgan fingerprint density at radius 3 is 2.43 bits per heavy atom. The predicted octanol–water partition coefficient (Wildman–Crippen LogP) is 2.89. The van der Waals surface area contributed by atoms with Crippen LogP contribution in [-0.4, -0.2) is 8.42 Å². The first-order valence-corrected chi connectivity index (χ1v) is 7.48. The summed E-state index contributed by atoms with van der Waals surface area (Å²) in [5.74, 6) is -4.98. The Morgan fingerprint density at radius 1 is 1.05 bits per heavy atom. The number of hydrogen-bond acceptors (Lipinski definition) is 2. The van der Waals surface area contributed by atoms with Crippen LogP contribution in [0.4, 0.5) is 13.2 Å². The smallest absolute Gasteiger partial charge is 0.207 e. The van der Waals surface area contributed by atoms with Crippen molar-refractivity contribution >= 4 is 10.0 Å².